The molecule has 0 atom stereocenters. The molecule has 12 heteroatoms. The number of hydrogen-bond donors (Lipinski definition) is 0. The maximum absolute atomic E-state index is 13.0. The first-order valence-corrected chi connectivity index (χ1v) is 6.36. The van der Waals surface area contributed by atoms with Crippen LogP contribution in [0.3, 0.4) is 0 Å². The normalized spacial score (nSPS) is 16.9. The highest BCUT2D eigenvalue weighted by Gasteiger charge is 2.27. The Morgan fingerprint density at radius 1 is 0.458 bits per heavy atom. The molecule has 3 nitrogen and oxygen atoms in total. The van der Waals surface area contributed by atoms with Gasteiger partial charge >= 0.3 is 18.2 Å². The van der Waals surface area contributed by atoms with E-state index in [0.29, 0.717) is 0 Å². The summed E-state index contributed by atoms with van der Waals surface area (Å²) in [4.78, 5) is 2.68. The number of halogens is 9. The third-order valence-electron chi connectivity index (χ3n) is 2.90. The second-order valence-electron chi connectivity index (χ2n) is 4.91. The largest absolute Gasteiger partial charge is 0.302 e. The fourth-order valence-electron chi connectivity index (χ4n) is 2.05. The van der Waals surface area contributed by atoms with E-state index in [1.165, 1.54) is 0 Å². The first kappa shape index (κ1) is 20.5. The lowest BCUT2D eigenvalue weighted by Gasteiger charge is -2.41. The molecular weight excluding hydrogens is 357 g/mol. The van der Waals surface area contributed by atoms with Crippen molar-refractivity contribution in [2.45, 2.75) is 0 Å². The molecule has 1 aliphatic heterocycles. The predicted molar refractivity (Wildman–Crippen MR) is 65.8 cm³/mol. The zero-order chi connectivity index (χ0) is 18.4. The molecule has 0 N–H and O–H groups in total. The molecule has 0 bridgehead atoms. The van der Waals surface area contributed by atoms with Crippen LogP contribution in [-0.4, -0.2) is 54.3 Å². The summed E-state index contributed by atoms with van der Waals surface area (Å²) in [6.45, 7) is -4.11. The molecular formula is C12H12F9N3. The van der Waals surface area contributed by atoms with Gasteiger partial charge in [-0.1, -0.05) is 0 Å². The Morgan fingerprint density at radius 2 is 0.667 bits per heavy atom. The monoisotopic (exact) mass is 369 g/mol. The Labute approximate surface area is 130 Å². The van der Waals surface area contributed by atoms with Gasteiger partial charge in [0, 0.05) is 0 Å². The van der Waals surface area contributed by atoms with E-state index < -0.39 is 75.4 Å². The van der Waals surface area contributed by atoms with Crippen LogP contribution in [0.25, 0.3) is 0 Å². The maximum Gasteiger partial charge on any atom is 0.302 e. The van der Waals surface area contributed by atoms with E-state index in [1.807, 2.05) is 0 Å². The second-order valence-corrected chi connectivity index (χ2v) is 4.91. The van der Waals surface area contributed by atoms with Crippen molar-refractivity contribution in [1.29, 1.82) is 0 Å². The van der Waals surface area contributed by atoms with E-state index in [4.69, 9.17) is 0 Å². The first-order chi connectivity index (χ1) is 11.1. The van der Waals surface area contributed by atoms with E-state index in [1.54, 1.807) is 0 Å². The molecule has 0 unspecified atom stereocenters. The average molecular weight is 369 g/mol. The van der Waals surface area contributed by atoms with Crippen LogP contribution in [0.4, 0.5) is 39.5 Å². The molecule has 24 heavy (non-hydrogen) atoms. The molecule has 0 aromatic rings. The van der Waals surface area contributed by atoms with E-state index in [9.17, 15) is 39.5 Å². The van der Waals surface area contributed by atoms with Crippen LogP contribution in [0.15, 0.2) is 35.7 Å². The minimum atomic E-state index is -2.61. The minimum Gasteiger partial charge on any atom is -0.271 e. The van der Waals surface area contributed by atoms with Gasteiger partial charge < -0.3 is 0 Å². The fraction of sp³-hybridized carbons (Fsp3) is 0.500. The average Bonchev–Trinajstić information content (AvgIpc) is 2.46. The third-order valence-corrected chi connectivity index (χ3v) is 2.90. The molecule has 0 saturated carbocycles. The minimum absolute atomic E-state index is 0.401. The topological polar surface area (TPSA) is 9.72 Å². The van der Waals surface area contributed by atoms with Gasteiger partial charge in [-0.2, -0.15) is 26.3 Å². The Balaban J connectivity index is 2.88. The smallest absolute Gasteiger partial charge is 0.271 e. The summed E-state index contributed by atoms with van der Waals surface area (Å²) in [6.07, 6.45) is -7.83. The molecule has 1 heterocycles. The van der Waals surface area contributed by atoms with Gasteiger partial charge in [0.2, 0.25) is 0 Å². The summed E-state index contributed by atoms with van der Waals surface area (Å²) in [5.74, 6) is -5.47. The molecule has 0 aliphatic carbocycles. The zero-order valence-corrected chi connectivity index (χ0v) is 12.0. The van der Waals surface area contributed by atoms with Gasteiger partial charge in [-0.15, -0.1) is 0 Å². The highest BCUT2D eigenvalue weighted by Crippen LogP contribution is 2.19. The highest BCUT2D eigenvalue weighted by atomic mass is 19.3. The van der Waals surface area contributed by atoms with Gasteiger partial charge in [0.25, 0.3) is 0 Å². The summed E-state index contributed by atoms with van der Waals surface area (Å²) in [6, 6.07) is 0. The zero-order valence-electron chi connectivity index (χ0n) is 12.0. The van der Waals surface area contributed by atoms with E-state index in [2.05, 4.69) is 0 Å². The summed E-state index contributed by atoms with van der Waals surface area (Å²) in [7, 11) is 0. The lowest BCUT2D eigenvalue weighted by Crippen LogP contribution is -2.55. The van der Waals surface area contributed by atoms with Crippen molar-refractivity contribution in [3.8, 4) is 0 Å². The SMILES string of the molecule is FC(F)=C(F)CN1CN(CC(F)=C(F)F)CN(CC(F)=C(F)F)C1. The standard InChI is InChI=1S/C12H12F9N3/c13-7(10(16)17)1-22-4-23(2-8(14)11(18)19)6-24(5-22)3-9(15)12(20)21/h1-6H2. The predicted octanol–water partition coefficient (Wildman–Crippen LogP) is 4.01. The quantitative estimate of drug-likeness (QED) is 0.655. The van der Waals surface area contributed by atoms with Gasteiger partial charge in [0.15, 0.2) is 17.5 Å². The lowest BCUT2D eigenvalue weighted by atomic mass is 10.4. The van der Waals surface area contributed by atoms with Gasteiger partial charge in [-0.05, 0) is 0 Å². The molecule has 1 fully saturated rings. The van der Waals surface area contributed by atoms with E-state index >= 15 is 0 Å². The number of hydrogen-bond acceptors (Lipinski definition) is 3. The van der Waals surface area contributed by atoms with Crippen LogP contribution < -0.4 is 0 Å². The molecule has 1 aliphatic rings. The summed E-state index contributed by atoms with van der Waals surface area (Å²) < 4.78 is 112. The second kappa shape index (κ2) is 9.08. The molecule has 0 aromatic heterocycles. The number of rotatable bonds is 6. The molecule has 0 radical (unpaired) electrons. The third kappa shape index (κ3) is 6.53. The summed E-state index contributed by atoms with van der Waals surface area (Å²) in [5, 5.41) is 0. The molecule has 1 saturated heterocycles. The van der Waals surface area contributed by atoms with Gasteiger partial charge in [-0.3, -0.25) is 14.7 Å². The van der Waals surface area contributed by atoms with Gasteiger partial charge in [0.05, 0.1) is 39.6 Å². The van der Waals surface area contributed by atoms with Crippen LogP contribution in [0.1, 0.15) is 0 Å². The van der Waals surface area contributed by atoms with Crippen molar-refractivity contribution in [3.63, 3.8) is 0 Å². The molecule has 138 valence electrons. The molecule has 1 rings (SSSR count). The Hall–Kier alpha value is -1.53. The Kier molecular flexibility index (Phi) is 7.76. The van der Waals surface area contributed by atoms with Crippen molar-refractivity contribution >= 4 is 0 Å². The van der Waals surface area contributed by atoms with Crippen molar-refractivity contribution in [3.05, 3.63) is 35.7 Å². The van der Waals surface area contributed by atoms with E-state index in [-0.39, 0.29) is 0 Å². The van der Waals surface area contributed by atoms with Gasteiger partial charge in [0.1, 0.15) is 0 Å². The molecule has 0 aromatic carbocycles. The maximum atomic E-state index is 13.0. The Bertz CT molecular complexity index is 452. The summed E-state index contributed by atoms with van der Waals surface area (Å²) >= 11 is 0. The fourth-order valence-corrected chi connectivity index (χ4v) is 2.05. The highest BCUT2D eigenvalue weighted by molar-refractivity contribution is 4.99. The van der Waals surface area contributed by atoms with E-state index in [0.717, 1.165) is 14.7 Å². The van der Waals surface area contributed by atoms with Crippen LogP contribution >= 0.6 is 0 Å². The van der Waals surface area contributed by atoms with Crippen molar-refractivity contribution in [2.75, 3.05) is 39.6 Å². The van der Waals surface area contributed by atoms with Crippen LogP contribution in [0.5, 0.6) is 0 Å². The van der Waals surface area contributed by atoms with Crippen molar-refractivity contribution < 1.29 is 39.5 Å². The molecule has 0 amide bonds. The number of nitrogens with zero attached hydrogens (tertiary/aromatic N) is 3. The van der Waals surface area contributed by atoms with Crippen molar-refractivity contribution in [2.24, 2.45) is 0 Å². The molecule has 0 spiro atoms. The first-order valence-electron chi connectivity index (χ1n) is 6.36. The van der Waals surface area contributed by atoms with Crippen LogP contribution in [-0.2, 0) is 0 Å². The van der Waals surface area contributed by atoms with Gasteiger partial charge in [-0.25, -0.2) is 13.2 Å². The lowest BCUT2D eigenvalue weighted by molar-refractivity contribution is -0.0239. The van der Waals surface area contributed by atoms with Crippen LogP contribution in [0, 0.1) is 0 Å². The van der Waals surface area contributed by atoms with Crippen LogP contribution in [0.2, 0.25) is 0 Å². The Morgan fingerprint density at radius 3 is 0.833 bits per heavy atom. The van der Waals surface area contributed by atoms with Crippen molar-refractivity contribution in [1.82, 2.24) is 14.7 Å². The summed E-state index contributed by atoms with van der Waals surface area (Å²) in [5.41, 5.74) is 0.